The summed E-state index contributed by atoms with van der Waals surface area (Å²) in [7, 11) is 0. The predicted molar refractivity (Wildman–Crippen MR) is 105 cm³/mol. The maximum atomic E-state index is 13.1. The van der Waals surface area contributed by atoms with E-state index in [-0.39, 0.29) is 17.9 Å². The molecule has 0 bridgehead atoms. The maximum absolute atomic E-state index is 13.1. The number of hydrogen-bond acceptors (Lipinski definition) is 3. The molecule has 1 amide bonds. The molecule has 144 valence electrons. The zero-order valence-electron chi connectivity index (χ0n) is 16.1. The van der Waals surface area contributed by atoms with Crippen LogP contribution in [0.5, 0.6) is 0 Å². The molecule has 0 unspecified atom stereocenters. The fourth-order valence-electron chi connectivity index (χ4n) is 4.53. The molecule has 2 N–H and O–H groups in total. The van der Waals surface area contributed by atoms with Gasteiger partial charge in [0, 0.05) is 19.2 Å². The number of aliphatic hydroxyl groups excluding tert-OH is 1. The molecule has 1 heterocycles. The standard InChI is InChI=1S/C22H34N2O2/c1-18-7-9-20(10-8-18)23-21(26)22(13-16-25)11-14-24(15-12-22)17-19-5-3-2-4-6-19/h2-6,18,20,25H,7-17H2,1H3,(H,23,26). The monoisotopic (exact) mass is 358 g/mol. The first-order valence-corrected chi connectivity index (χ1v) is 10.3. The van der Waals surface area contributed by atoms with Gasteiger partial charge in [0.1, 0.15) is 0 Å². The van der Waals surface area contributed by atoms with Crippen LogP contribution < -0.4 is 5.32 Å². The van der Waals surface area contributed by atoms with Crippen molar-refractivity contribution in [2.45, 2.75) is 64.5 Å². The molecule has 1 aromatic rings. The average molecular weight is 359 g/mol. The largest absolute Gasteiger partial charge is 0.396 e. The van der Waals surface area contributed by atoms with Gasteiger partial charge in [0.2, 0.25) is 5.91 Å². The summed E-state index contributed by atoms with van der Waals surface area (Å²) in [6.45, 7) is 5.17. The molecule has 4 heteroatoms. The highest BCUT2D eigenvalue weighted by atomic mass is 16.3. The van der Waals surface area contributed by atoms with E-state index < -0.39 is 0 Å². The van der Waals surface area contributed by atoms with Crippen LogP contribution in [-0.4, -0.2) is 41.7 Å². The first kappa shape index (κ1) is 19.4. The van der Waals surface area contributed by atoms with Crippen LogP contribution in [0, 0.1) is 11.3 Å². The third-order valence-electron chi connectivity index (χ3n) is 6.49. The number of nitrogens with zero attached hydrogens (tertiary/aromatic N) is 1. The molecular weight excluding hydrogens is 324 g/mol. The molecule has 0 aromatic heterocycles. The van der Waals surface area contributed by atoms with E-state index in [1.165, 1.54) is 18.4 Å². The summed E-state index contributed by atoms with van der Waals surface area (Å²) in [6.07, 6.45) is 6.89. The molecule has 26 heavy (non-hydrogen) atoms. The van der Waals surface area contributed by atoms with Gasteiger partial charge in [-0.25, -0.2) is 0 Å². The Morgan fingerprint density at radius 3 is 2.42 bits per heavy atom. The molecule has 0 radical (unpaired) electrons. The minimum Gasteiger partial charge on any atom is -0.396 e. The first-order valence-electron chi connectivity index (χ1n) is 10.3. The van der Waals surface area contributed by atoms with Gasteiger partial charge < -0.3 is 10.4 Å². The summed E-state index contributed by atoms with van der Waals surface area (Å²) in [6, 6.07) is 10.8. The Balaban J connectivity index is 1.55. The van der Waals surface area contributed by atoms with E-state index in [9.17, 15) is 9.90 Å². The lowest BCUT2D eigenvalue weighted by Gasteiger charge is -2.41. The molecule has 3 rings (SSSR count). The summed E-state index contributed by atoms with van der Waals surface area (Å²) in [5.41, 5.74) is 0.938. The van der Waals surface area contributed by atoms with Crippen LogP contribution in [0.1, 0.15) is 57.4 Å². The van der Waals surface area contributed by atoms with Crippen LogP contribution in [0.25, 0.3) is 0 Å². The van der Waals surface area contributed by atoms with Crippen LogP contribution in [0.2, 0.25) is 0 Å². The predicted octanol–water partition coefficient (Wildman–Crippen LogP) is 3.35. The number of likely N-dealkylation sites (tertiary alicyclic amines) is 1. The van der Waals surface area contributed by atoms with Gasteiger partial charge in [-0.1, -0.05) is 37.3 Å². The molecule has 0 spiro atoms. The van der Waals surface area contributed by atoms with E-state index in [1.807, 2.05) is 6.07 Å². The van der Waals surface area contributed by atoms with Crippen molar-refractivity contribution in [1.29, 1.82) is 0 Å². The van der Waals surface area contributed by atoms with Crippen molar-refractivity contribution in [3.8, 4) is 0 Å². The fourth-order valence-corrected chi connectivity index (χ4v) is 4.53. The number of aliphatic hydroxyl groups is 1. The van der Waals surface area contributed by atoms with E-state index in [2.05, 4.69) is 41.4 Å². The summed E-state index contributed by atoms with van der Waals surface area (Å²) in [5.74, 6) is 0.973. The minimum atomic E-state index is -0.384. The quantitative estimate of drug-likeness (QED) is 0.820. The van der Waals surface area contributed by atoms with Crippen molar-refractivity contribution < 1.29 is 9.90 Å². The SMILES string of the molecule is CC1CCC(NC(=O)C2(CCO)CCN(Cc3ccccc3)CC2)CC1. The number of rotatable bonds is 6. The van der Waals surface area contributed by atoms with Crippen molar-refractivity contribution in [2.24, 2.45) is 11.3 Å². The minimum absolute atomic E-state index is 0.0911. The molecule has 1 aromatic carbocycles. The van der Waals surface area contributed by atoms with Crippen LogP contribution in [0.3, 0.4) is 0 Å². The smallest absolute Gasteiger partial charge is 0.226 e. The molecule has 1 aliphatic carbocycles. The number of nitrogens with one attached hydrogen (secondary N) is 1. The second kappa shape index (κ2) is 9.01. The molecule has 1 saturated carbocycles. The van der Waals surface area contributed by atoms with Crippen LogP contribution in [0.4, 0.5) is 0 Å². The summed E-state index contributed by atoms with van der Waals surface area (Å²) in [4.78, 5) is 15.5. The Hall–Kier alpha value is -1.39. The normalized spacial score (nSPS) is 26.4. The van der Waals surface area contributed by atoms with Gasteiger partial charge in [-0.2, -0.15) is 0 Å². The van der Waals surface area contributed by atoms with Crippen LogP contribution >= 0.6 is 0 Å². The lowest BCUT2D eigenvalue weighted by atomic mass is 9.74. The number of carbonyl (C=O) groups excluding carboxylic acids is 1. The summed E-state index contributed by atoms with van der Waals surface area (Å²) in [5, 5.41) is 12.9. The van der Waals surface area contributed by atoms with Crippen LogP contribution in [0.15, 0.2) is 30.3 Å². The maximum Gasteiger partial charge on any atom is 0.226 e. The Labute approximate surface area is 158 Å². The summed E-state index contributed by atoms with van der Waals surface area (Å²) < 4.78 is 0. The molecular formula is C22H34N2O2. The van der Waals surface area contributed by atoms with Crippen molar-refractivity contribution >= 4 is 5.91 Å². The molecule has 0 atom stereocenters. The number of hydrogen-bond donors (Lipinski definition) is 2. The zero-order valence-corrected chi connectivity index (χ0v) is 16.1. The van der Waals surface area contributed by atoms with Gasteiger partial charge in [-0.3, -0.25) is 9.69 Å². The van der Waals surface area contributed by atoms with Crippen molar-refractivity contribution in [3.05, 3.63) is 35.9 Å². The topological polar surface area (TPSA) is 52.6 Å². The van der Waals surface area contributed by atoms with Gasteiger partial charge in [0.25, 0.3) is 0 Å². The third-order valence-corrected chi connectivity index (χ3v) is 6.49. The highest BCUT2D eigenvalue weighted by molar-refractivity contribution is 5.83. The average Bonchev–Trinajstić information content (AvgIpc) is 2.66. The number of carbonyl (C=O) groups is 1. The van der Waals surface area contributed by atoms with Gasteiger partial charge in [-0.15, -0.1) is 0 Å². The fraction of sp³-hybridized carbons (Fsp3) is 0.682. The molecule has 1 aliphatic heterocycles. The van der Waals surface area contributed by atoms with Crippen molar-refractivity contribution in [1.82, 2.24) is 10.2 Å². The Morgan fingerprint density at radius 2 is 1.81 bits per heavy atom. The Morgan fingerprint density at radius 1 is 1.15 bits per heavy atom. The van der Waals surface area contributed by atoms with Crippen LogP contribution in [-0.2, 0) is 11.3 Å². The Kier molecular flexibility index (Phi) is 6.71. The van der Waals surface area contributed by atoms with Crippen molar-refractivity contribution in [2.75, 3.05) is 19.7 Å². The number of benzene rings is 1. The molecule has 2 fully saturated rings. The second-order valence-electron chi connectivity index (χ2n) is 8.45. The van der Waals surface area contributed by atoms with Gasteiger partial charge in [-0.05, 0) is 69.5 Å². The highest BCUT2D eigenvalue weighted by Gasteiger charge is 2.41. The lowest BCUT2D eigenvalue weighted by molar-refractivity contribution is -0.136. The van der Waals surface area contributed by atoms with Gasteiger partial charge >= 0.3 is 0 Å². The summed E-state index contributed by atoms with van der Waals surface area (Å²) >= 11 is 0. The molecule has 2 aliphatic rings. The number of amides is 1. The van der Waals surface area contributed by atoms with Crippen molar-refractivity contribution in [3.63, 3.8) is 0 Å². The van der Waals surface area contributed by atoms with E-state index in [4.69, 9.17) is 0 Å². The van der Waals surface area contributed by atoms with Gasteiger partial charge in [0.15, 0.2) is 0 Å². The van der Waals surface area contributed by atoms with E-state index in [1.54, 1.807) is 0 Å². The molecule has 1 saturated heterocycles. The number of piperidine rings is 1. The molecule has 4 nitrogen and oxygen atoms in total. The highest BCUT2D eigenvalue weighted by Crippen LogP contribution is 2.36. The first-order chi connectivity index (χ1) is 12.6. The Bertz CT molecular complexity index is 559. The van der Waals surface area contributed by atoms with Gasteiger partial charge in [0.05, 0.1) is 5.41 Å². The zero-order chi connectivity index (χ0) is 18.4. The van der Waals surface area contributed by atoms with E-state index in [0.29, 0.717) is 12.5 Å². The van der Waals surface area contributed by atoms with E-state index in [0.717, 1.165) is 51.2 Å². The second-order valence-corrected chi connectivity index (χ2v) is 8.45. The third kappa shape index (κ3) is 4.86. The van der Waals surface area contributed by atoms with E-state index >= 15 is 0 Å². The lowest BCUT2D eigenvalue weighted by Crippen LogP contribution is -2.51.